The number of nitro groups is 2. The van der Waals surface area contributed by atoms with E-state index in [-0.39, 0.29) is 23.5 Å². The van der Waals surface area contributed by atoms with Crippen molar-refractivity contribution in [2.45, 2.75) is 24.9 Å². The monoisotopic (exact) mass is 586 g/mol. The minimum Gasteiger partial charge on any atom is -0.494 e. The maximum absolute atomic E-state index is 10.8. The predicted octanol–water partition coefficient (Wildman–Crippen LogP) is 6.75. The van der Waals surface area contributed by atoms with Crippen LogP contribution in [0.1, 0.15) is 36.1 Å². The lowest BCUT2D eigenvalue weighted by molar-refractivity contribution is -0.385. The number of non-ortho nitro benzene ring substituents is 2. The number of nitro benzene ring substituents is 2. The molecule has 4 rings (SSSR count). The normalized spacial score (nSPS) is 12.2. The van der Waals surface area contributed by atoms with Gasteiger partial charge in [-0.2, -0.15) is 0 Å². The highest BCUT2D eigenvalue weighted by Crippen LogP contribution is 2.27. The first kappa shape index (κ1) is 30.9. The molecule has 4 aromatic carbocycles. The third-order valence-corrected chi connectivity index (χ3v) is 6.94. The molecule has 0 spiro atoms. The molecule has 0 aliphatic rings. The summed E-state index contributed by atoms with van der Waals surface area (Å²) in [6.45, 7) is 0.898. The number of hydrogen-bond acceptors (Lipinski definition) is 9. The van der Waals surface area contributed by atoms with E-state index in [0.717, 1.165) is 22.6 Å². The minimum absolute atomic E-state index is 0.0322. The summed E-state index contributed by atoms with van der Waals surface area (Å²) < 4.78 is 17.6. The van der Waals surface area contributed by atoms with Crippen LogP contribution in [0.4, 0.5) is 11.4 Å². The average molecular weight is 587 g/mol. The minimum atomic E-state index is -0.435. The molecule has 2 N–H and O–H groups in total. The van der Waals surface area contributed by atoms with Gasteiger partial charge in [-0.05, 0) is 73.8 Å². The Labute approximate surface area is 249 Å². The maximum atomic E-state index is 10.8. The molecular formula is C32H34N4O7. The molecule has 0 fully saturated rings. The molecule has 0 aromatic heterocycles. The number of rotatable bonds is 16. The van der Waals surface area contributed by atoms with Gasteiger partial charge in [0.2, 0.25) is 0 Å². The van der Waals surface area contributed by atoms with Gasteiger partial charge in [0, 0.05) is 49.2 Å². The fourth-order valence-corrected chi connectivity index (χ4v) is 4.55. The van der Waals surface area contributed by atoms with E-state index < -0.39 is 9.85 Å². The molecule has 0 aliphatic carbocycles. The third-order valence-electron chi connectivity index (χ3n) is 6.94. The smallest absolute Gasteiger partial charge is 0.269 e. The van der Waals surface area contributed by atoms with Crippen molar-refractivity contribution < 1.29 is 24.1 Å². The summed E-state index contributed by atoms with van der Waals surface area (Å²) >= 11 is 0. The molecule has 2 atom stereocenters. The van der Waals surface area contributed by atoms with Gasteiger partial charge in [-0.25, -0.2) is 0 Å². The molecule has 0 bridgehead atoms. The summed E-state index contributed by atoms with van der Waals surface area (Å²) in [5.74, 6) is 2.61. The number of ether oxygens (including phenoxy) is 3. The molecule has 43 heavy (non-hydrogen) atoms. The molecule has 0 saturated heterocycles. The van der Waals surface area contributed by atoms with Crippen molar-refractivity contribution in [2.75, 3.05) is 27.3 Å². The first-order chi connectivity index (χ1) is 20.9. The second-order valence-corrected chi connectivity index (χ2v) is 9.70. The number of hydrogen-bond donors (Lipinski definition) is 2. The van der Waals surface area contributed by atoms with E-state index in [0.29, 0.717) is 37.6 Å². The van der Waals surface area contributed by atoms with Crippen molar-refractivity contribution in [3.8, 4) is 23.0 Å². The van der Waals surface area contributed by atoms with Crippen molar-refractivity contribution >= 4 is 11.4 Å². The van der Waals surface area contributed by atoms with E-state index in [9.17, 15) is 20.2 Å². The molecule has 0 unspecified atom stereocenters. The van der Waals surface area contributed by atoms with Gasteiger partial charge in [0.05, 0.1) is 23.1 Å². The van der Waals surface area contributed by atoms with Crippen LogP contribution in [0.3, 0.4) is 0 Å². The van der Waals surface area contributed by atoms with Gasteiger partial charge in [-0.1, -0.05) is 24.3 Å². The fraction of sp³-hybridized carbons (Fsp3) is 0.250. The van der Waals surface area contributed by atoms with Gasteiger partial charge in [0.25, 0.3) is 11.4 Å². The van der Waals surface area contributed by atoms with E-state index >= 15 is 0 Å². The lowest BCUT2D eigenvalue weighted by Crippen LogP contribution is -2.19. The maximum Gasteiger partial charge on any atom is 0.269 e. The van der Waals surface area contributed by atoms with Crippen LogP contribution < -0.4 is 24.8 Å². The van der Waals surface area contributed by atoms with Crippen LogP contribution in [0.2, 0.25) is 0 Å². The summed E-state index contributed by atoms with van der Waals surface area (Å²) in [4.78, 5) is 20.7. The Kier molecular flexibility index (Phi) is 11.0. The highest BCUT2D eigenvalue weighted by Gasteiger charge is 2.13. The predicted molar refractivity (Wildman–Crippen MR) is 163 cm³/mol. The molecule has 0 heterocycles. The molecule has 224 valence electrons. The van der Waals surface area contributed by atoms with Crippen molar-refractivity contribution in [1.29, 1.82) is 0 Å². The van der Waals surface area contributed by atoms with Gasteiger partial charge < -0.3 is 24.8 Å². The zero-order valence-corrected chi connectivity index (χ0v) is 24.0. The van der Waals surface area contributed by atoms with Crippen LogP contribution >= 0.6 is 0 Å². The molecule has 4 aromatic rings. The highest BCUT2D eigenvalue weighted by atomic mass is 16.6. The van der Waals surface area contributed by atoms with Crippen molar-refractivity contribution in [3.63, 3.8) is 0 Å². The van der Waals surface area contributed by atoms with Crippen LogP contribution in [0.25, 0.3) is 0 Å². The zero-order valence-electron chi connectivity index (χ0n) is 24.0. The second-order valence-electron chi connectivity index (χ2n) is 9.70. The van der Waals surface area contributed by atoms with Gasteiger partial charge in [-0.15, -0.1) is 0 Å². The molecule has 0 amide bonds. The lowest BCUT2D eigenvalue weighted by atomic mass is 10.0. The quantitative estimate of drug-likeness (QED) is 0.108. The Balaban J connectivity index is 1.25. The molecular weight excluding hydrogens is 552 g/mol. The Morgan fingerprint density at radius 2 is 0.884 bits per heavy atom. The standard InChI is InChI=1S/C32H34N4O7/c1-33-31(19-21-41-27-15-7-25(8-16-27)35(37)38)23-3-11-29(12-4-23)43-30-13-5-24(6-14-30)32(34-2)20-22-42-28-17-9-26(10-18-28)36(39)40/h3-18,31-34H,19-22H2,1-2H3/t31-,32-/m0/s1. The Morgan fingerprint density at radius 1 is 0.558 bits per heavy atom. The van der Waals surface area contributed by atoms with Crippen LogP contribution in [0.5, 0.6) is 23.0 Å². The topological polar surface area (TPSA) is 138 Å². The van der Waals surface area contributed by atoms with Crippen LogP contribution in [0.15, 0.2) is 97.1 Å². The largest absolute Gasteiger partial charge is 0.494 e. The Hall–Kier alpha value is -5.00. The van der Waals surface area contributed by atoms with Crippen LogP contribution in [-0.4, -0.2) is 37.2 Å². The van der Waals surface area contributed by atoms with E-state index in [2.05, 4.69) is 10.6 Å². The van der Waals surface area contributed by atoms with Crippen LogP contribution in [-0.2, 0) is 0 Å². The summed E-state index contributed by atoms with van der Waals surface area (Å²) in [6, 6.07) is 28.0. The Morgan fingerprint density at radius 3 is 1.19 bits per heavy atom. The van der Waals surface area contributed by atoms with E-state index in [4.69, 9.17) is 14.2 Å². The van der Waals surface area contributed by atoms with Crippen molar-refractivity contribution in [1.82, 2.24) is 10.6 Å². The summed E-state index contributed by atoms with van der Waals surface area (Å²) in [7, 11) is 3.78. The van der Waals surface area contributed by atoms with E-state index in [1.807, 2.05) is 62.6 Å². The summed E-state index contributed by atoms with van der Waals surface area (Å²) in [5.41, 5.74) is 2.24. The van der Waals surface area contributed by atoms with Gasteiger partial charge >= 0.3 is 0 Å². The fourth-order valence-electron chi connectivity index (χ4n) is 4.55. The first-order valence-electron chi connectivity index (χ1n) is 13.8. The molecule has 11 nitrogen and oxygen atoms in total. The highest BCUT2D eigenvalue weighted by molar-refractivity contribution is 5.38. The number of benzene rings is 4. The number of nitrogens with zero attached hydrogens (tertiary/aromatic N) is 2. The van der Waals surface area contributed by atoms with Gasteiger partial charge in [0.15, 0.2) is 0 Å². The molecule has 0 radical (unpaired) electrons. The zero-order chi connectivity index (χ0) is 30.6. The van der Waals surface area contributed by atoms with Crippen molar-refractivity contribution in [2.24, 2.45) is 0 Å². The van der Waals surface area contributed by atoms with E-state index in [1.54, 1.807) is 24.3 Å². The van der Waals surface area contributed by atoms with Gasteiger partial charge in [0.1, 0.15) is 23.0 Å². The van der Waals surface area contributed by atoms with E-state index in [1.165, 1.54) is 24.3 Å². The summed E-state index contributed by atoms with van der Waals surface area (Å²) in [5, 5.41) is 28.2. The molecule has 0 saturated carbocycles. The average Bonchev–Trinajstić information content (AvgIpc) is 3.03. The molecule has 0 aliphatic heterocycles. The Bertz CT molecular complexity index is 1350. The lowest BCUT2D eigenvalue weighted by Gasteiger charge is -2.18. The van der Waals surface area contributed by atoms with Crippen molar-refractivity contribution in [3.05, 3.63) is 128 Å². The second kappa shape index (κ2) is 15.3. The third kappa shape index (κ3) is 8.99. The number of nitrogens with one attached hydrogen (secondary N) is 2. The first-order valence-corrected chi connectivity index (χ1v) is 13.8. The van der Waals surface area contributed by atoms with Crippen LogP contribution in [0, 0.1) is 20.2 Å². The van der Waals surface area contributed by atoms with Gasteiger partial charge in [-0.3, -0.25) is 20.2 Å². The summed E-state index contributed by atoms with van der Waals surface area (Å²) in [6.07, 6.45) is 1.42. The molecule has 11 heteroatoms. The SMILES string of the molecule is CN[C@@H](CCOc1ccc([N+](=O)[O-])cc1)c1ccc(Oc2ccc([C@H](CCOc3ccc([N+](=O)[O-])cc3)NC)cc2)cc1.